The topological polar surface area (TPSA) is 69.1 Å². The predicted octanol–water partition coefficient (Wildman–Crippen LogP) is 4.77. The van der Waals surface area contributed by atoms with Crippen molar-refractivity contribution in [3.8, 4) is 0 Å². The number of hydrogen-bond acceptors (Lipinski definition) is 3. The Morgan fingerprint density at radius 1 is 1.08 bits per heavy atom. The van der Waals surface area contributed by atoms with Crippen LogP contribution in [0.4, 0.5) is 5.69 Å². The third-order valence-electron chi connectivity index (χ3n) is 5.54. The Balaban J connectivity index is 2.46. The number of carbonyl (C=O) groups excluding carboxylic acids is 1. The Kier molecular flexibility index (Phi) is 5.53. The number of carbonyl (C=O) groups is 1. The van der Waals surface area contributed by atoms with Gasteiger partial charge in [0, 0.05) is 27.9 Å². The van der Waals surface area contributed by atoms with Gasteiger partial charge >= 0.3 is 0 Å². The van der Waals surface area contributed by atoms with Crippen LogP contribution in [0.2, 0.25) is 0 Å². The molecule has 0 aromatic heterocycles. The first-order chi connectivity index (χ1) is 11.4. The van der Waals surface area contributed by atoms with Gasteiger partial charge in [-0.25, -0.2) is 0 Å². The molecule has 0 bridgehead atoms. The summed E-state index contributed by atoms with van der Waals surface area (Å²) in [7, 11) is 0. The van der Waals surface area contributed by atoms with E-state index in [1.165, 1.54) is 5.57 Å². The molecule has 0 atom stereocenters. The van der Waals surface area contributed by atoms with Crippen LogP contribution in [0.1, 0.15) is 69.3 Å². The van der Waals surface area contributed by atoms with Crippen molar-refractivity contribution < 1.29 is 4.79 Å². The second-order valence-corrected chi connectivity index (χ2v) is 6.68. The molecule has 4 N–H and O–H groups in total. The maximum absolute atomic E-state index is 13.1. The summed E-state index contributed by atoms with van der Waals surface area (Å²) in [6, 6.07) is 5.61. The van der Waals surface area contributed by atoms with Gasteiger partial charge in [0.2, 0.25) is 0 Å². The summed E-state index contributed by atoms with van der Waals surface area (Å²) in [5, 5.41) is 0. The van der Waals surface area contributed by atoms with E-state index in [1.807, 2.05) is 18.2 Å². The highest BCUT2D eigenvalue weighted by atomic mass is 16.1. The molecule has 0 fully saturated rings. The summed E-state index contributed by atoms with van der Waals surface area (Å²) in [5.41, 5.74) is 17.8. The molecular formula is C21H30N2O. The van der Waals surface area contributed by atoms with Gasteiger partial charge in [0.1, 0.15) is 0 Å². The van der Waals surface area contributed by atoms with E-state index in [-0.39, 0.29) is 11.2 Å². The second-order valence-electron chi connectivity index (χ2n) is 6.68. The number of nitrogen functional groups attached to an aromatic ring is 1. The largest absolute Gasteiger partial charge is 0.401 e. The summed E-state index contributed by atoms with van der Waals surface area (Å²) >= 11 is 0. The van der Waals surface area contributed by atoms with Gasteiger partial charge in [0.25, 0.3) is 0 Å². The zero-order valence-electron chi connectivity index (χ0n) is 15.4. The SMILES string of the molecule is CCC1=C(N)C(CC)(CC)C=C(C(=O)c2ccc(N)c(CC)c2)C1. The molecule has 0 spiro atoms. The highest BCUT2D eigenvalue weighted by Crippen LogP contribution is 2.43. The molecule has 0 heterocycles. The smallest absolute Gasteiger partial charge is 0.189 e. The molecule has 0 amide bonds. The number of hydrogen-bond donors (Lipinski definition) is 2. The van der Waals surface area contributed by atoms with Crippen LogP contribution in [0.3, 0.4) is 0 Å². The van der Waals surface area contributed by atoms with Crippen LogP contribution in [0.5, 0.6) is 0 Å². The van der Waals surface area contributed by atoms with Crippen LogP contribution in [-0.4, -0.2) is 5.78 Å². The molecule has 1 aliphatic rings. The van der Waals surface area contributed by atoms with Gasteiger partial charge in [-0.2, -0.15) is 0 Å². The molecule has 1 aromatic carbocycles. The highest BCUT2D eigenvalue weighted by Gasteiger charge is 2.34. The van der Waals surface area contributed by atoms with E-state index >= 15 is 0 Å². The maximum atomic E-state index is 13.1. The lowest BCUT2D eigenvalue weighted by Gasteiger charge is -2.36. The molecule has 3 nitrogen and oxygen atoms in total. The van der Waals surface area contributed by atoms with Crippen LogP contribution >= 0.6 is 0 Å². The number of aryl methyl sites for hydroxylation is 1. The fraction of sp³-hybridized carbons (Fsp3) is 0.476. The Hall–Kier alpha value is -2.03. The Morgan fingerprint density at radius 2 is 1.75 bits per heavy atom. The minimum absolute atomic E-state index is 0.106. The Bertz CT molecular complexity index is 694. The van der Waals surface area contributed by atoms with Gasteiger partial charge in [0.05, 0.1) is 0 Å². The molecule has 3 heteroatoms. The fourth-order valence-corrected chi connectivity index (χ4v) is 3.67. The van der Waals surface area contributed by atoms with Gasteiger partial charge < -0.3 is 11.5 Å². The van der Waals surface area contributed by atoms with Crippen LogP contribution in [-0.2, 0) is 6.42 Å². The van der Waals surface area contributed by atoms with Crippen molar-refractivity contribution >= 4 is 11.5 Å². The monoisotopic (exact) mass is 326 g/mol. The molecule has 24 heavy (non-hydrogen) atoms. The van der Waals surface area contributed by atoms with Crippen molar-refractivity contribution in [1.29, 1.82) is 0 Å². The average Bonchev–Trinajstić information content (AvgIpc) is 2.62. The lowest BCUT2D eigenvalue weighted by Crippen LogP contribution is -2.31. The van der Waals surface area contributed by atoms with E-state index < -0.39 is 0 Å². The van der Waals surface area contributed by atoms with Gasteiger partial charge in [-0.3, -0.25) is 4.79 Å². The van der Waals surface area contributed by atoms with Crippen LogP contribution in [0.25, 0.3) is 0 Å². The molecule has 0 aliphatic heterocycles. The quantitative estimate of drug-likeness (QED) is 0.584. The van der Waals surface area contributed by atoms with Gasteiger partial charge in [-0.05, 0) is 61.4 Å². The Morgan fingerprint density at radius 3 is 2.29 bits per heavy atom. The van der Waals surface area contributed by atoms with E-state index in [0.717, 1.165) is 53.8 Å². The van der Waals surface area contributed by atoms with Crippen molar-refractivity contribution in [1.82, 2.24) is 0 Å². The van der Waals surface area contributed by atoms with Gasteiger partial charge in [-0.15, -0.1) is 0 Å². The summed E-state index contributed by atoms with van der Waals surface area (Å²) in [6.07, 6.45) is 6.34. The van der Waals surface area contributed by atoms with Gasteiger partial charge in [0.15, 0.2) is 5.78 Å². The van der Waals surface area contributed by atoms with E-state index in [2.05, 4.69) is 33.8 Å². The number of benzene rings is 1. The van der Waals surface area contributed by atoms with E-state index in [4.69, 9.17) is 11.5 Å². The molecule has 2 rings (SSSR count). The van der Waals surface area contributed by atoms with E-state index in [1.54, 1.807) is 0 Å². The molecule has 1 aliphatic carbocycles. The number of nitrogens with two attached hydrogens (primary N) is 2. The number of ketones is 1. The number of rotatable bonds is 6. The molecule has 130 valence electrons. The third kappa shape index (κ3) is 3.12. The fourth-order valence-electron chi connectivity index (χ4n) is 3.67. The molecular weight excluding hydrogens is 296 g/mol. The number of anilines is 1. The van der Waals surface area contributed by atoms with Crippen LogP contribution in [0.15, 0.2) is 41.1 Å². The minimum atomic E-state index is -0.185. The first kappa shape index (κ1) is 18.3. The molecule has 0 radical (unpaired) electrons. The lowest BCUT2D eigenvalue weighted by atomic mass is 9.70. The first-order valence-electron chi connectivity index (χ1n) is 9.05. The Labute approximate surface area is 145 Å². The van der Waals surface area contributed by atoms with Crippen LogP contribution < -0.4 is 11.5 Å². The van der Waals surface area contributed by atoms with Crippen molar-refractivity contribution in [3.63, 3.8) is 0 Å². The second kappa shape index (κ2) is 7.25. The predicted molar refractivity (Wildman–Crippen MR) is 102 cm³/mol. The standard InChI is InChI=1S/C21H30N2O/c1-5-14-11-16(9-10-18(14)22)19(24)17-12-15(6-2)20(23)21(7-3,8-4)13-17/h9-11,13H,5-8,12,22-23H2,1-4H3. The first-order valence-corrected chi connectivity index (χ1v) is 9.05. The lowest BCUT2D eigenvalue weighted by molar-refractivity contribution is 0.102. The van der Waals surface area contributed by atoms with E-state index in [9.17, 15) is 4.79 Å². The van der Waals surface area contributed by atoms with Gasteiger partial charge in [-0.1, -0.05) is 33.8 Å². The molecule has 0 unspecified atom stereocenters. The highest BCUT2D eigenvalue weighted by molar-refractivity contribution is 6.09. The van der Waals surface area contributed by atoms with Crippen molar-refractivity contribution in [3.05, 3.63) is 52.2 Å². The summed E-state index contributed by atoms with van der Waals surface area (Å²) in [5.74, 6) is 0.106. The molecule has 0 saturated carbocycles. The zero-order chi connectivity index (χ0) is 17.9. The minimum Gasteiger partial charge on any atom is -0.401 e. The normalized spacial score (nSPS) is 16.9. The van der Waals surface area contributed by atoms with Crippen molar-refractivity contribution in [2.24, 2.45) is 11.1 Å². The summed E-state index contributed by atoms with van der Waals surface area (Å²) in [6.45, 7) is 8.46. The van der Waals surface area contributed by atoms with Crippen LogP contribution in [0, 0.1) is 5.41 Å². The zero-order valence-corrected chi connectivity index (χ0v) is 15.4. The van der Waals surface area contributed by atoms with Crippen molar-refractivity contribution in [2.45, 2.75) is 59.8 Å². The number of Topliss-reactive ketones (excluding diaryl/α,β-unsaturated/α-hetero) is 1. The summed E-state index contributed by atoms with van der Waals surface area (Å²) < 4.78 is 0. The molecule has 1 aromatic rings. The number of allylic oxidation sites excluding steroid dienone is 3. The molecule has 0 saturated heterocycles. The van der Waals surface area contributed by atoms with Crippen molar-refractivity contribution in [2.75, 3.05) is 5.73 Å². The van der Waals surface area contributed by atoms with E-state index in [0.29, 0.717) is 6.42 Å². The maximum Gasteiger partial charge on any atom is 0.189 e. The summed E-state index contributed by atoms with van der Waals surface area (Å²) in [4.78, 5) is 13.1. The average molecular weight is 326 g/mol. The third-order valence-corrected chi connectivity index (χ3v) is 5.54.